The number of nitrogens with one attached hydrogen (secondary N) is 1. The molecule has 0 radical (unpaired) electrons. The first-order valence-electron chi connectivity index (χ1n) is 6.69. The summed E-state index contributed by atoms with van der Waals surface area (Å²) < 4.78 is 5.84. The fraction of sp³-hybridized carbons (Fsp3) is 0.0625. The largest absolute Gasteiger partial charge is 0.452 e. The van der Waals surface area contributed by atoms with Gasteiger partial charge in [0.2, 0.25) is 0 Å². The molecule has 0 aliphatic heterocycles. The number of halogens is 1. The van der Waals surface area contributed by atoms with Crippen LogP contribution in [-0.4, -0.2) is 23.5 Å². The summed E-state index contributed by atoms with van der Waals surface area (Å²) in [7, 11) is 0. The lowest BCUT2D eigenvalue weighted by atomic mass is 10.1. The standard InChI is InChI=1S/C16H11BrN2O3S/c17-13-8-18-16(23-13)19-14(20)9-22-15(21)12-6-5-10-3-1-2-4-11(10)7-12/h1-8H,9H2,(H,18,19,20). The minimum Gasteiger partial charge on any atom is -0.452 e. The van der Waals surface area contributed by atoms with E-state index in [0.717, 1.165) is 14.6 Å². The first-order valence-corrected chi connectivity index (χ1v) is 8.30. The van der Waals surface area contributed by atoms with Gasteiger partial charge >= 0.3 is 5.97 Å². The molecule has 5 nitrogen and oxygen atoms in total. The average Bonchev–Trinajstić information content (AvgIpc) is 2.97. The van der Waals surface area contributed by atoms with E-state index in [1.165, 1.54) is 11.3 Å². The smallest absolute Gasteiger partial charge is 0.338 e. The zero-order valence-electron chi connectivity index (χ0n) is 11.8. The molecule has 23 heavy (non-hydrogen) atoms. The van der Waals surface area contributed by atoms with Gasteiger partial charge in [-0.2, -0.15) is 0 Å². The van der Waals surface area contributed by atoms with Gasteiger partial charge in [-0.25, -0.2) is 9.78 Å². The Morgan fingerprint density at radius 2 is 1.96 bits per heavy atom. The Balaban J connectivity index is 1.60. The third-order valence-electron chi connectivity index (χ3n) is 3.04. The van der Waals surface area contributed by atoms with Crippen LogP contribution in [0.5, 0.6) is 0 Å². The van der Waals surface area contributed by atoms with E-state index >= 15 is 0 Å². The molecule has 1 heterocycles. The van der Waals surface area contributed by atoms with Crippen LogP contribution in [0.4, 0.5) is 5.13 Å². The van der Waals surface area contributed by atoms with Crippen LogP contribution >= 0.6 is 27.3 Å². The van der Waals surface area contributed by atoms with Crippen LogP contribution in [0.3, 0.4) is 0 Å². The second kappa shape index (κ2) is 6.89. The van der Waals surface area contributed by atoms with Crippen molar-refractivity contribution in [3.8, 4) is 0 Å². The topological polar surface area (TPSA) is 68.3 Å². The molecule has 2 aromatic carbocycles. The molecule has 0 saturated heterocycles. The van der Waals surface area contributed by atoms with Gasteiger partial charge in [-0.05, 0) is 38.8 Å². The van der Waals surface area contributed by atoms with E-state index in [9.17, 15) is 9.59 Å². The van der Waals surface area contributed by atoms with Crippen LogP contribution in [0.1, 0.15) is 10.4 Å². The number of anilines is 1. The molecule has 0 aliphatic carbocycles. The maximum atomic E-state index is 12.0. The van der Waals surface area contributed by atoms with Gasteiger partial charge in [0.15, 0.2) is 11.7 Å². The van der Waals surface area contributed by atoms with Crippen molar-refractivity contribution in [1.29, 1.82) is 0 Å². The number of nitrogens with zero attached hydrogens (tertiary/aromatic N) is 1. The number of aromatic nitrogens is 1. The summed E-state index contributed by atoms with van der Waals surface area (Å²) in [6.07, 6.45) is 1.58. The fourth-order valence-electron chi connectivity index (χ4n) is 2.00. The normalized spacial score (nSPS) is 10.5. The average molecular weight is 391 g/mol. The summed E-state index contributed by atoms with van der Waals surface area (Å²) in [5, 5.41) is 4.99. The lowest BCUT2D eigenvalue weighted by Crippen LogP contribution is -2.20. The lowest BCUT2D eigenvalue weighted by molar-refractivity contribution is -0.119. The maximum Gasteiger partial charge on any atom is 0.338 e. The maximum absolute atomic E-state index is 12.0. The highest BCUT2D eigenvalue weighted by Crippen LogP contribution is 2.23. The van der Waals surface area contributed by atoms with Gasteiger partial charge in [-0.3, -0.25) is 10.1 Å². The first kappa shape index (κ1) is 15.6. The van der Waals surface area contributed by atoms with Crippen LogP contribution < -0.4 is 5.32 Å². The monoisotopic (exact) mass is 390 g/mol. The molecule has 1 N–H and O–H groups in total. The Morgan fingerprint density at radius 3 is 2.70 bits per heavy atom. The predicted molar refractivity (Wildman–Crippen MR) is 92.7 cm³/mol. The van der Waals surface area contributed by atoms with Crippen molar-refractivity contribution in [2.24, 2.45) is 0 Å². The van der Waals surface area contributed by atoms with Crippen molar-refractivity contribution in [2.75, 3.05) is 11.9 Å². The van der Waals surface area contributed by atoms with Gasteiger partial charge < -0.3 is 4.74 Å². The molecule has 0 saturated carbocycles. The van der Waals surface area contributed by atoms with Crippen LogP contribution in [0.15, 0.2) is 52.4 Å². The molecular formula is C16H11BrN2O3S. The van der Waals surface area contributed by atoms with E-state index in [4.69, 9.17) is 4.74 Å². The number of carbonyl (C=O) groups is 2. The van der Waals surface area contributed by atoms with Gasteiger partial charge in [0.1, 0.15) is 0 Å². The number of ether oxygens (including phenoxy) is 1. The molecule has 0 fully saturated rings. The first-order chi connectivity index (χ1) is 11.1. The number of thiazole rings is 1. The summed E-state index contributed by atoms with van der Waals surface area (Å²) in [4.78, 5) is 27.7. The summed E-state index contributed by atoms with van der Waals surface area (Å²) in [6, 6.07) is 13.0. The highest BCUT2D eigenvalue weighted by atomic mass is 79.9. The summed E-state index contributed by atoms with van der Waals surface area (Å²) in [5.41, 5.74) is 0.411. The number of fused-ring (bicyclic) bond motifs is 1. The summed E-state index contributed by atoms with van der Waals surface area (Å²) in [6.45, 7) is -0.358. The van der Waals surface area contributed by atoms with Crippen LogP contribution in [0, 0.1) is 0 Å². The van der Waals surface area contributed by atoms with Crippen molar-refractivity contribution in [3.63, 3.8) is 0 Å². The molecule has 0 bridgehead atoms. The number of rotatable bonds is 4. The van der Waals surface area contributed by atoms with E-state index in [2.05, 4.69) is 26.2 Å². The Kier molecular flexibility index (Phi) is 4.68. The van der Waals surface area contributed by atoms with E-state index in [0.29, 0.717) is 10.7 Å². The summed E-state index contributed by atoms with van der Waals surface area (Å²) >= 11 is 4.54. The highest BCUT2D eigenvalue weighted by molar-refractivity contribution is 9.11. The number of carbonyl (C=O) groups excluding carboxylic acids is 2. The third kappa shape index (κ3) is 3.94. The molecular weight excluding hydrogens is 380 g/mol. The number of hydrogen-bond donors (Lipinski definition) is 1. The molecule has 1 amide bonds. The highest BCUT2D eigenvalue weighted by Gasteiger charge is 2.12. The van der Waals surface area contributed by atoms with Gasteiger partial charge in [-0.1, -0.05) is 41.7 Å². The molecule has 1 aromatic heterocycles. The van der Waals surface area contributed by atoms with Crippen LogP contribution in [-0.2, 0) is 9.53 Å². The SMILES string of the molecule is O=C(COC(=O)c1ccc2ccccc2c1)Nc1ncc(Br)s1. The summed E-state index contributed by atoms with van der Waals surface area (Å²) in [5.74, 6) is -0.966. The van der Waals surface area contributed by atoms with Gasteiger partial charge in [0, 0.05) is 0 Å². The lowest BCUT2D eigenvalue weighted by Gasteiger charge is -2.05. The minimum absolute atomic E-state index is 0.358. The molecule has 116 valence electrons. The van der Waals surface area contributed by atoms with Gasteiger partial charge in [-0.15, -0.1) is 0 Å². The van der Waals surface area contributed by atoms with E-state index in [1.54, 1.807) is 18.3 Å². The van der Waals surface area contributed by atoms with Crippen LogP contribution in [0.25, 0.3) is 10.8 Å². The van der Waals surface area contributed by atoms with Crippen molar-refractivity contribution in [1.82, 2.24) is 4.98 Å². The van der Waals surface area contributed by atoms with E-state index in [1.807, 2.05) is 30.3 Å². The van der Waals surface area contributed by atoms with Crippen LogP contribution in [0.2, 0.25) is 0 Å². The molecule has 0 spiro atoms. The predicted octanol–water partition coefficient (Wildman–Crippen LogP) is 3.85. The van der Waals surface area contributed by atoms with Crippen molar-refractivity contribution < 1.29 is 14.3 Å². The third-order valence-corrected chi connectivity index (χ3v) is 4.43. The van der Waals surface area contributed by atoms with Crippen molar-refractivity contribution in [3.05, 3.63) is 58.0 Å². The Morgan fingerprint density at radius 1 is 1.17 bits per heavy atom. The molecule has 0 atom stereocenters. The number of amides is 1. The number of hydrogen-bond acceptors (Lipinski definition) is 5. The quantitative estimate of drug-likeness (QED) is 0.686. The zero-order valence-corrected chi connectivity index (χ0v) is 14.2. The number of esters is 1. The van der Waals surface area contributed by atoms with Gasteiger partial charge in [0.05, 0.1) is 15.5 Å². The number of benzene rings is 2. The molecule has 0 aliphatic rings. The Bertz CT molecular complexity index is 878. The second-order valence-electron chi connectivity index (χ2n) is 4.66. The van der Waals surface area contributed by atoms with Crippen molar-refractivity contribution >= 4 is 55.0 Å². The van der Waals surface area contributed by atoms with E-state index < -0.39 is 11.9 Å². The minimum atomic E-state index is -0.536. The van der Waals surface area contributed by atoms with Gasteiger partial charge in [0.25, 0.3) is 5.91 Å². The zero-order chi connectivity index (χ0) is 16.2. The Hall–Kier alpha value is -2.25. The second-order valence-corrected chi connectivity index (χ2v) is 7.07. The Labute approximate surface area is 144 Å². The molecule has 3 rings (SSSR count). The van der Waals surface area contributed by atoms with E-state index in [-0.39, 0.29) is 6.61 Å². The van der Waals surface area contributed by atoms with Crippen molar-refractivity contribution in [2.45, 2.75) is 0 Å². The fourth-order valence-corrected chi connectivity index (χ4v) is 3.12. The molecule has 7 heteroatoms. The molecule has 3 aromatic rings. The molecule has 0 unspecified atom stereocenters.